The third kappa shape index (κ3) is 3.81. The summed E-state index contributed by atoms with van der Waals surface area (Å²) in [5.41, 5.74) is 1.30. The van der Waals surface area contributed by atoms with Gasteiger partial charge in [0.1, 0.15) is 11.3 Å². The lowest BCUT2D eigenvalue weighted by atomic mass is 9.85. The molecule has 2 N–H and O–H groups in total. The number of aromatic nitrogens is 2. The van der Waals surface area contributed by atoms with Crippen molar-refractivity contribution in [1.82, 2.24) is 20.0 Å². The smallest absolute Gasteiger partial charge is 0.272 e. The van der Waals surface area contributed by atoms with E-state index in [1.54, 1.807) is 7.11 Å². The zero-order valence-electron chi connectivity index (χ0n) is 18.1. The van der Waals surface area contributed by atoms with Crippen LogP contribution in [0.2, 0.25) is 0 Å². The number of hydrogen-bond acceptors (Lipinski definition) is 6. The monoisotopic (exact) mass is 428 g/mol. The van der Waals surface area contributed by atoms with Crippen molar-refractivity contribution < 1.29 is 19.4 Å². The van der Waals surface area contributed by atoms with Gasteiger partial charge in [0, 0.05) is 43.6 Å². The number of morpholine rings is 1. The van der Waals surface area contributed by atoms with Crippen molar-refractivity contribution in [2.45, 2.75) is 31.8 Å². The van der Waals surface area contributed by atoms with Crippen LogP contribution in [0.1, 0.15) is 29.8 Å². The lowest BCUT2D eigenvalue weighted by Gasteiger charge is -2.30. The Morgan fingerprint density at radius 2 is 2.06 bits per heavy atom. The zero-order valence-corrected chi connectivity index (χ0v) is 18.1. The van der Waals surface area contributed by atoms with Gasteiger partial charge >= 0.3 is 0 Å². The fourth-order valence-corrected chi connectivity index (χ4v) is 5.88. The van der Waals surface area contributed by atoms with E-state index in [0.717, 1.165) is 62.3 Å². The summed E-state index contributed by atoms with van der Waals surface area (Å²) in [5.74, 6) is 1.73. The van der Waals surface area contributed by atoms with Crippen LogP contribution >= 0.6 is 0 Å². The summed E-state index contributed by atoms with van der Waals surface area (Å²) in [6, 6.07) is 5.79. The molecule has 8 nitrogen and oxygen atoms in total. The molecule has 2 bridgehead atoms. The number of para-hydroxylation sites is 1. The number of aliphatic hydroxyl groups is 1. The van der Waals surface area contributed by atoms with E-state index in [2.05, 4.69) is 10.2 Å². The lowest BCUT2D eigenvalue weighted by Crippen LogP contribution is -2.45. The molecule has 1 saturated heterocycles. The van der Waals surface area contributed by atoms with Crippen molar-refractivity contribution in [1.29, 1.82) is 0 Å². The Balaban J connectivity index is 1.40. The Morgan fingerprint density at radius 3 is 2.84 bits per heavy atom. The van der Waals surface area contributed by atoms with Gasteiger partial charge in [0.25, 0.3) is 5.91 Å². The molecule has 2 aliphatic carbocycles. The van der Waals surface area contributed by atoms with Crippen molar-refractivity contribution in [3.8, 4) is 5.75 Å². The van der Waals surface area contributed by atoms with Gasteiger partial charge in [-0.1, -0.05) is 12.1 Å². The van der Waals surface area contributed by atoms with Crippen LogP contribution in [0.15, 0.2) is 18.2 Å². The number of aliphatic hydroxyl groups excluding tert-OH is 1. The van der Waals surface area contributed by atoms with Crippen LogP contribution in [-0.4, -0.2) is 78.3 Å². The molecule has 5 rings (SSSR count). The summed E-state index contributed by atoms with van der Waals surface area (Å²) in [6.07, 6.45) is 3.41. The first-order valence-corrected chi connectivity index (χ1v) is 11.4. The Hall–Kier alpha value is -2.16. The van der Waals surface area contributed by atoms with Gasteiger partial charge in [-0.3, -0.25) is 14.4 Å². The van der Waals surface area contributed by atoms with Crippen molar-refractivity contribution in [3.05, 3.63) is 23.9 Å². The predicted octanol–water partition coefficient (Wildman–Crippen LogP) is 1.51. The maximum absolute atomic E-state index is 13.3. The molecule has 1 aromatic carbocycles. The first-order chi connectivity index (χ1) is 15.2. The SMILES string of the molecule is COc1cccc2c(C(=O)N[C@H]3C4CCC(C4)[C@H]3CO)nn(CCN3CCOCC3)c12. The molecule has 1 aliphatic heterocycles. The van der Waals surface area contributed by atoms with Crippen molar-refractivity contribution in [2.75, 3.05) is 46.6 Å². The van der Waals surface area contributed by atoms with E-state index in [9.17, 15) is 9.90 Å². The summed E-state index contributed by atoms with van der Waals surface area (Å²) >= 11 is 0. The highest BCUT2D eigenvalue weighted by Crippen LogP contribution is 2.48. The van der Waals surface area contributed by atoms with Crippen LogP contribution in [0, 0.1) is 17.8 Å². The number of hydrogen-bond donors (Lipinski definition) is 2. The molecule has 1 amide bonds. The molecule has 1 aromatic heterocycles. The van der Waals surface area contributed by atoms with Crippen molar-refractivity contribution >= 4 is 16.8 Å². The average Bonchev–Trinajstić information content (AvgIpc) is 3.51. The highest BCUT2D eigenvalue weighted by molar-refractivity contribution is 6.06. The summed E-state index contributed by atoms with van der Waals surface area (Å²) in [6.45, 7) is 5.00. The molecule has 8 heteroatoms. The summed E-state index contributed by atoms with van der Waals surface area (Å²) in [7, 11) is 1.65. The maximum atomic E-state index is 13.3. The van der Waals surface area contributed by atoms with Gasteiger partial charge in [-0.2, -0.15) is 5.10 Å². The Morgan fingerprint density at radius 1 is 1.26 bits per heavy atom. The zero-order chi connectivity index (χ0) is 21.4. The third-order valence-electron chi connectivity index (χ3n) is 7.50. The van der Waals surface area contributed by atoms with Crippen LogP contribution in [0.4, 0.5) is 0 Å². The van der Waals surface area contributed by atoms with Gasteiger partial charge in [0.05, 0.1) is 26.9 Å². The van der Waals surface area contributed by atoms with E-state index in [-0.39, 0.29) is 24.5 Å². The maximum Gasteiger partial charge on any atom is 0.272 e. The van der Waals surface area contributed by atoms with Gasteiger partial charge in [0.2, 0.25) is 0 Å². The minimum Gasteiger partial charge on any atom is -0.494 e. The van der Waals surface area contributed by atoms with Gasteiger partial charge in [-0.05, 0) is 37.2 Å². The fraction of sp³-hybridized carbons (Fsp3) is 0.652. The number of nitrogens with one attached hydrogen (secondary N) is 1. The number of carbonyl (C=O) groups is 1. The van der Waals surface area contributed by atoms with Crippen molar-refractivity contribution in [3.63, 3.8) is 0 Å². The second kappa shape index (κ2) is 8.76. The van der Waals surface area contributed by atoms with E-state index >= 15 is 0 Å². The number of methoxy groups -OCH3 is 1. The van der Waals surface area contributed by atoms with Gasteiger partial charge < -0.3 is 19.9 Å². The largest absolute Gasteiger partial charge is 0.494 e. The number of benzene rings is 1. The standard InChI is InChI=1S/C23H32N4O4/c1-30-19-4-2-3-17-21(23(29)24-20-16-6-5-15(13-16)18(20)14-28)25-27(22(17)19)8-7-26-9-11-31-12-10-26/h2-4,15-16,18,20,28H,5-14H2,1H3,(H,24,29)/t15?,16?,18-,20+/m1/s1. The molecule has 3 fully saturated rings. The number of carbonyl (C=O) groups excluding carboxylic acids is 1. The molecule has 2 unspecified atom stereocenters. The minimum absolute atomic E-state index is 0.0374. The second-order valence-electron chi connectivity index (χ2n) is 9.06. The predicted molar refractivity (Wildman–Crippen MR) is 116 cm³/mol. The number of fused-ring (bicyclic) bond motifs is 3. The molecule has 3 aliphatic rings. The van der Waals surface area contributed by atoms with Gasteiger partial charge in [-0.15, -0.1) is 0 Å². The Bertz CT molecular complexity index is 939. The number of amides is 1. The van der Waals surface area contributed by atoms with E-state index in [1.165, 1.54) is 6.42 Å². The van der Waals surface area contributed by atoms with Crippen LogP contribution in [-0.2, 0) is 11.3 Å². The molecule has 2 aromatic rings. The Kier molecular flexibility index (Phi) is 5.86. The molecule has 31 heavy (non-hydrogen) atoms. The summed E-state index contributed by atoms with van der Waals surface area (Å²) in [5, 5.41) is 18.7. The molecule has 0 spiro atoms. The van der Waals surface area contributed by atoms with E-state index in [4.69, 9.17) is 14.6 Å². The van der Waals surface area contributed by atoms with Crippen LogP contribution in [0.3, 0.4) is 0 Å². The molecule has 2 heterocycles. The van der Waals surface area contributed by atoms with Gasteiger partial charge in [-0.25, -0.2) is 0 Å². The van der Waals surface area contributed by atoms with Crippen LogP contribution in [0.5, 0.6) is 5.75 Å². The van der Waals surface area contributed by atoms with Crippen LogP contribution in [0.25, 0.3) is 10.9 Å². The number of rotatable bonds is 7. The number of nitrogens with zero attached hydrogens (tertiary/aromatic N) is 3. The summed E-state index contributed by atoms with van der Waals surface area (Å²) in [4.78, 5) is 15.7. The number of ether oxygens (including phenoxy) is 2. The lowest BCUT2D eigenvalue weighted by molar-refractivity contribution is 0.0361. The molecule has 0 radical (unpaired) electrons. The fourth-order valence-electron chi connectivity index (χ4n) is 5.88. The highest BCUT2D eigenvalue weighted by Gasteiger charge is 2.48. The van der Waals surface area contributed by atoms with E-state index < -0.39 is 0 Å². The molecule has 4 atom stereocenters. The normalized spacial score (nSPS) is 28.3. The first kappa shape index (κ1) is 20.7. The van der Waals surface area contributed by atoms with E-state index in [1.807, 2.05) is 22.9 Å². The van der Waals surface area contributed by atoms with E-state index in [0.29, 0.717) is 24.1 Å². The highest BCUT2D eigenvalue weighted by atomic mass is 16.5. The summed E-state index contributed by atoms with van der Waals surface area (Å²) < 4.78 is 12.9. The Labute approximate surface area is 182 Å². The molecule has 2 saturated carbocycles. The second-order valence-corrected chi connectivity index (χ2v) is 9.06. The van der Waals surface area contributed by atoms with Crippen LogP contribution < -0.4 is 10.1 Å². The minimum atomic E-state index is -0.153. The average molecular weight is 429 g/mol. The molecular formula is C23H32N4O4. The first-order valence-electron chi connectivity index (χ1n) is 11.4. The molecule has 168 valence electrons. The van der Waals surface area contributed by atoms with Crippen molar-refractivity contribution in [2.24, 2.45) is 17.8 Å². The third-order valence-corrected chi connectivity index (χ3v) is 7.50. The quantitative estimate of drug-likeness (QED) is 0.695. The van der Waals surface area contributed by atoms with Gasteiger partial charge in [0.15, 0.2) is 5.69 Å². The topological polar surface area (TPSA) is 88.8 Å². The molecular weight excluding hydrogens is 396 g/mol.